The summed E-state index contributed by atoms with van der Waals surface area (Å²) >= 11 is 0. The number of H-pyrrole nitrogens is 1. The van der Waals surface area contributed by atoms with Gasteiger partial charge in [-0.15, -0.1) is 0 Å². The van der Waals surface area contributed by atoms with Gasteiger partial charge in [0.1, 0.15) is 11.9 Å². The molecule has 0 fully saturated rings. The molecule has 18 heavy (non-hydrogen) atoms. The van der Waals surface area contributed by atoms with E-state index in [1.54, 1.807) is 18.3 Å². The molecule has 0 unspecified atom stereocenters. The Hall–Kier alpha value is -2.35. The number of aromatic nitrogens is 3. The monoisotopic (exact) mass is 239 g/mol. The summed E-state index contributed by atoms with van der Waals surface area (Å²) in [5.41, 5.74) is 2.95. The smallest absolute Gasteiger partial charge is 0.144 e. The molecule has 3 rings (SSSR count). The fraction of sp³-hybridized carbons (Fsp3) is 0.308. The average Bonchev–Trinajstić information content (AvgIpc) is 2.89. The number of nitrogens with zero attached hydrogens (tertiary/aromatic N) is 3. The molecule has 0 saturated heterocycles. The minimum atomic E-state index is 0.165. The molecule has 2 N–H and O–H groups in total. The topological polar surface area (TPSA) is 77.4 Å². The van der Waals surface area contributed by atoms with E-state index in [1.807, 2.05) is 6.20 Å². The van der Waals surface area contributed by atoms with Crippen molar-refractivity contribution in [3.63, 3.8) is 0 Å². The Bertz CT molecular complexity index is 595. The Morgan fingerprint density at radius 3 is 3.33 bits per heavy atom. The Labute approximate surface area is 105 Å². The summed E-state index contributed by atoms with van der Waals surface area (Å²) < 4.78 is 0. The Kier molecular flexibility index (Phi) is 2.69. The van der Waals surface area contributed by atoms with Crippen molar-refractivity contribution in [3.05, 3.63) is 41.3 Å². The highest BCUT2D eigenvalue weighted by Crippen LogP contribution is 2.30. The van der Waals surface area contributed by atoms with Gasteiger partial charge in [-0.1, -0.05) is 0 Å². The van der Waals surface area contributed by atoms with E-state index in [2.05, 4.69) is 26.6 Å². The fourth-order valence-corrected chi connectivity index (χ4v) is 2.38. The maximum atomic E-state index is 9.05. The van der Waals surface area contributed by atoms with Crippen LogP contribution in [-0.4, -0.2) is 15.2 Å². The fourth-order valence-electron chi connectivity index (χ4n) is 2.38. The van der Waals surface area contributed by atoms with E-state index in [1.165, 1.54) is 5.56 Å². The van der Waals surface area contributed by atoms with Gasteiger partial charge in [-0.3, -0.25) is 5.10 Å². The molecule has 0 aliphatic heterocycles. The lowest BCUT2D eigenvalue weighted by Gasteiger charge is -2.23. The molecule has 0 aromatic carbocycles. The molecule has 2 heterocycles. The molecular formula is C13H13N5. The van der Waals surface area contributed by atoms with E-state index < -0.39 is 0 Å². The van der Waals surface area contributed by atoms with Gasteiger partial charge >= 0.3 is 0 Å². The van der Waals surface area contributed by atoms with E-state index in [0.717, 1.165) is 25.0 Å². The molecule has 1 aliphatic carbocycles. The summed E-state index contributed by atoms with van der Waals surface area (Å²) in [6.07, 6.45) is 6.79. The number of pyridine rings is 1. The molecule has 90 valence electrons. The highest BCUT2D eigenvalue weighted by atomic mass is 15.1. The summed E-state index contributed by atoms with van der Waals surface area (Å²) in [7, 11) is 0. The van der Waals surface area contributed by atoms with Gasteiger partial charge in [-0.25, -0.2) is 4.98 Å². The number of aromatic amines is 1. The first-order valence-electron chi connectivity index (χ1n) is 6.02. The Balaban J connectivity index is 1.89. The highest BCUT2D eigenvalue weighted by molar-refractivity contribution is 5.52. The zero-order valence-corrected chi connectivity index (χ0v) is 9.85. The van der Waals surface area contributed by atoms with Crippen molar-refractivity contribution in [2.24, 2.45) is 0 Å². The van der Waals surface area contributed by atoms with Crippen molar-refractivity contribution in [1.82, 2.24) is 15.2 Å². The predicted octanol–water partition coefficient (Wildman–Crippen LogP) is 2.17. The van der Waals surface area contributed by atoms with Crippen molar-refractivity contribution in [1.29, 1.82) is 5.26 Å². The average molecular weight is 239 g/mol. The Morgan fingerprint density at radius 1 is 1.50 bits per heavy atom. The van der Waals surface area contributed by atoms with Crippen LogP contribution in [0.4, 0.5) is 5.82 Å². The number of fused-ring (bicyclic) bond motifs is 1. The second-order valence-electron chi connectivity index (χ2n) is 4.41. The van der Waals surface area contributed by atoms with Crippen LogP contribution in [0.15, 0.2) is 24.5 Å². The van der Waals surface area contributed by atoms with Crippen molar-refractivity contribution in [2.45, 2.75) is 25.3 Å². The van der Waals surface area contributed by atoms with E-state index >= 15 is 0 Å². The number of anilines is 1. The molecule has 1 atom stereocenters. The summed E-state index contributed by atoms with van der Waals surface area (Å²) in [6.45, 7) is 0. The van der Waals surface area contributed by atoms with Crippen LogP contribution in [0, 0.1) is 11.3 Å². The third-order valence-electron chi connectivity index (χ3n) is 3.28. The highest BCUT2D eigenvalue weighted by Gasteiger charge is 2.22. The third kappa shape index (κ3) is 1.82. The maximum absolute atomic E-state index is 9.05. The number of hydrogen-bond acceptors (Lipinski definition) is 4. The molecule has 0 radical (unpaired) electrons. The summed E-state index contributed by atoms with van der Waals surface area (Å²) in [6, 6.07) is 5.86. The van der Waals surface area contributed by atoms with Crippen LogP contribution < -0.4 is 5.32 Å². The van der Waals surface area contributed by atoms with Crippen LogP contribution in [0.2, 0.25) is 0 Å². The van der Waals surface area contributed by atoms with Crippen LogP contribution in [0.25, 0.3) is 0 Å². The minimum absolute atomic E-state index is 0.165. The van der Waals surface area contributed by atoms with E-state index in [0.29, 0.717) is 11.4 Å². The molecule has 1 aliphatic rings. The predicted molar refractivity (Wildman–Crippen MR) is 66.8 cm³/mol. The molecular weight excluding hydrogens is 226 g/mol. The van der Waals surface area contributed by atoms with Gasteiger partial charge in [0.2, 0.25) is 0 Å². The molecule has 0 bridgehead atoms. The summed E-state index contributed by atoms with van der Waals surface area (Å²) in [5.74, 6) is 0.646. The maximum Gasteiger partial charge on any atom is 0.144 e. The van der Waals surface area contributed by atoms with Gasteiger partial charge < -0.3 is 5.32 Å². The normalized spacial score (nSPS) is 17.8. The number of nitrogens with one attached hydrogen (secondary N) is 2. The summed E-state index contributed by atoms with van der Waals surface area (Å²) in [5, 5.41) is 19.5. The standard InChI is InChI=1S/C13H13N5/c14-7-9-4-2-6-15-13(9)17-11-5-1-3-10-8-16-18-12(10)11/h2,4,6,8,11H,1,3,5H2,(H,15,17)(H,16,18)/t11-/m0/s1. The first-order chi connectivity index (χ1) is 8.88. The van der Waals surface area contributed by atoms with Gasteiger partial charge in [0.15, 0.2) is 0 Å². The van der Waals surface area contributed by atoms with Crippen molar-refractivity contribution >= 4 is 5.82 Å². The largest absolute Gasteiger partial charge is 0.361 e. The second-order valence-corrected chi connectivity index (χ2v) is 4.41. The third-order valence-corrected chi connectivity index (χ3v) is 3.28. The van der Waals surface area contributed by atoms with Gasteiger partial charge in [0.25, 0.3) is 0 Å². The van der Waals surface area contributed by atoms with E-state index in [-0.39, 0.29) is 6.04 Å². The molecule has 0 amide bonds. The lowest BCUT2D eigenvalue weighted by molar-refractivity contribution is 0.586. The number of hydrogen-bond donors (Lipinski definition) is 2. The van der Waals surface area contributed by atoms with Crippen LogP contribution in [0.3, 0.4) is 0 Å². The molecule has 2 aromatic heterocycles. The molecule has 5 nitrogen and oxygen atoms in total. The zero-order valence-electron chi connectivity index (χ0n) is 9.85. The summed E-state index contributed by atoms with van der Waals surface area (Å²) in [4.78, 5) is 4.23. The van der Waals surface area contributed by atoms with Gasteiger partial charge in [-0.2, -0.15) is 10.4 Å². The van der Waals surface area contributed by atoms with Gasteiger partial charge in [0, 0.05) is 6.20 Å². The number of aryl methyl sites for hydroxylation is 1. The SMILES string of the molecule is N#Cc1cccnc1N[C@H]1CCCc2cn[nH]c21. The first kappa shape index (κ1) is 10.8. The second kappa shape index (κ2) is 4.49. The van der Waals surface area contributed by atoms with Crippen molar-refractivity contribution < 1.29 is 0 Å². The molecule has 0 spiro atoms. The van der Waals surface area contributed by atoms with Crippen molar-refractivity contribution in [3.8, 4) is 6.07 Å². The number of rotatable bonds is 2. The number of nitriles is 1. The quantitative estimate of drug-likeness (QED) is 0.841. The Morgan fingerprint density at radius 2 is 2.44 bits per heavy atom. The lowest BCUT2D eigenvalue weighted by atomic mass is 9.93. The first-order valence-corrected chi connectivity index (χ1v) is 6.02. The van der Waals surface area contributed by atoms with Crippen LogP contribution in [0.5, 0.6) is 0 Å². The molecule has 5 heteroatoms. The van der Waals surface area contributed by atoms with Gasteiger partial charge in [0.05, 0.1) is 23.5 Å². The van der Waals surface area contributed by atoms with Crippen LogP contribution >= 0.6 is 0 Å². The molecule has 0 saturated carbocycles. The van der Waals surface area contributed by atoms with E-state index in [4.69, 9.17) is 5.26 Å². The minimum Gasteiger partial charge on any atom is -0.361 e. The van der Waals surface area contributed by atoms with Crippen LogP contribution in [0.1, 0.15) is 35.7 Å². The van der Waals surface area contributed by atoms with Crippen LogP contribution in [-0.2, 0) is 6.42 Å². The van der Waals surface area contributed by atoms with Gasteiger partial charge in [-0.05, 0) is 37.0 Å². The van der Waals surface area contributed by atoms with Crippen molar-refractivity contribution in [2.75, 3.05) is 5.32 Å². The lowest BCUT2D eigenvalue weighted by Crippen LogP contribution is -2.18. The van der Waals surface area contributed by atoms with E-state index in [9.17, 15) is 0 Å². The zero-order chi connectivity index (χ0) is 12.4. The molecule has 2 aromatic rings.